The van der Waals surface area contributed by atoms with E-state index in [0.717, 1.165) is 0 Å². The van der Waals surface area contributed by atoms with Gasteiger partial charge >= 0.3 is 10.1 Å². The van der Waals surface area contributed by atoms with Gasteiger partial charge in [-0.15, -0.1) is 0 Å². The summed E-state index contributed by atoms with van der Waals surface area (Å²) in [6, 6.07) is 7.43. The normalized spacial score (nSPS) is 13.1. The number of carbonyl (C=O) groups excluding carboxylic acids is 1. The Kier molecular flexibility index (Phi) is 3.31. The summed E-state index contributed by atoms with van der Waals surface area (Å²) in [5, 5.41) is 7.76. The molecule has 6 nitrogen and oxygen atoms in total. The Morgan fingerprint density at radius 3 is 2.06 bits per heavy atom. The highest BCUT2D eigenvalue weighted by molar-refractivity contribution is 7.89. The Hall–Kier alpha value is -1.86. The monoisotopic (exact) mass is 243 g/mol. The summed E-state index contributed by atoms with van der Waals surface area (Å²) in [7, 11) is -4.86. The fraction of sp³-hybridized carbons (Fsp3) is 0. The lowest BCUT2D eigenvalue weighted by atomic mass is 10.1. The minimum atomic E-state index is -4.86. The topological polar surface area (TPSA) is 118 Å². The average Bonchev–Trinajstić information content (AvgIpc) is 2.17. The molecule has 0 radical (unpaired) electrons. The zero-order chi connectivity index (χ0) is 12.3. The van der Waals surface area contributed by atoms with Crippen molar-refractivity contribution >= 4 is 21.6 Å². The first-order valence-electron chi connectivity index (χ1n) is 4.10. The van der Waals surface area contributed by atoms with Crippen LogP contribution in [-0.4, -0.2) is 24.0 Å². The summed E-state index contributed by atoms with van der Waals surface area (Å²) in [5.41, 5.74) is 4.39. The Labute approximate surface area is 91.8 Å². The molecule has 1 rings (SSSR count). The molecule has 1 amide bonds. The van der Waals surface area contributed by atoms with Crippen LogP contribution in [-0.2, 0) is 14.9 Å². The Balaban J connectivity index is 3.49. The zero-order valence-electron chi connectivity index (χ0n) is 7.99. The van der Waals surface area contributed by atoms with E-state index in [1.54, 1.807) is 6.07 Å². The van der Waals surface area contributed by atoms with Gasteiger partial charge in [-0.25, -0.2) is 0 Å². The maximum atomic E-state index is 11.0. The van der Waals surface area contributed by atoms with Crippen LogP contribution in [0.4, 0.5) is 0 Å². The van der Waals surface area contributed by atoms with E-state index in [-0.39, 0.29) is 5.56 Å². The summed E-state index contributed by atoms with van der Waals surface area (Å²) in [6.45, 7) is 0. The number of carbonyl (C=O) groups is 1. The molecule has 0 fully saturated rings. The highest BCUT2D eigenvalue weighted by atomic mass is 32.2. The molecule has 0 aliphatic heterocycles. The summed E-state index contributed by atoms with van der Waals surface area (Å²) in [5.74, 6) is -1.15. The van der Waals surface area contributed by atoms with Crippen molar-refractivity contribution in [3.8, 4) is 0 Å². The molecule has 4 N–H and O–H groups in total. The van der Waals surface area contributed by atoms with Gasteiger partial charge in [-0.2, -0.15) is 8.42 Å². The molecular formula is C9H9NO5S. The van der Waals surface area contributed by atoms with Crippen molar-refractivity contribution in [2.75, 3.05) is 0 Å². The fourth-order valence-corrected chi connectivity index (χ4v) is 1.58. The zero-order valence-corrected chi connectivity index (χ0v) is 8.81. The van der Waals surface area contributed by atoms with Gasteiger partial charge in [0.25, 0.3) is 11.0 Å². The molecule has 1 aromatic rings. The van der Waals surface area contributed by atoms with Crippen LogP contribution >= 0.6 is 0 Å². The molecule has 0 saturated carbocycles. The van der Waals surface area contributed by atoms with Crippen molar-refractivity contribution in [2.45, 2.75) is 0 Å². The van der Waals surface area contributed by atoms with Crippen molar-refractivity contribution < 1.29 is 22.9 Å². The summed E-state index contributed by atoms with van der Waals surface area (Å²) >= 11 is 0. The Morgan fingerprint density at radius 2 is 1.69 bits per heavy atom. The molecule has 7 heteroatoms. The summed E-state index contributed by atoms with van der Waals surface area (Å²) in [4.78, 5) is 11.0. The lowest BCUT2D eigenvalue weighted by Crippen LogP contribution is -2.18. The van der Waals surface area contributed by atoms with Crippen LogP contribution in [0.1, 0.15) is 5.56 Å². The largest absolute Gasteiger partial charge is 0.496 e. The van der Waals surface area contributed by atoms with E-state index < -0.39 is 26.7 Å². The van der Waals surface area contributed by atoms with Crippen molar-refractivity contribution in [1.82, 2.24) is 0 Å². The van der Waals surface area contributed by atoms with Crippen molar-refractivity contribution in [3.05, 3.63) is 41.0 Å². The van der Waals surface area contributed by atoms with Gasteiger partial charge in [0.1, 0.15) is 5.57 Å². The maximum Gasteiger partial charge on any atom is 0.328 e. The molecule has 0 heterocycles. The van der Waals surface area contributed by atoms with Gasteiger partial charge < -0.3 is 10.8 Å². The number of hydrogen-bond donors (Lipinski definition) is 3. The highest BCUT2D eigenvalue weighted by Crippen LogP contribution is 2.19. The van der Waals surface area contributed by atoms with Gasteiger partial charge in [0.15, 0.2) is 0 Å². The van der Waals surface area contributed by atoms with Crippen LogP contribution in [0, 0.1) is 0 Å². The van der Waals surface area contributed by atoms with E-state index >= 15 is 0 Å². The lowest BCUT2D eigenvalue weighted by molar-refractivity contribution is -0.112. The van der Waals surface area contributed by atoms with Gasteiger partial charge in [-0.1, -0.05) is 30.3 Å². The van der Waals surface area contributed by atoms with E-state index in [1.807, 2.05) is 0 Å². The van der Waals surface area contributed by atoms with Gasteiger partial charge in [-0.3, -0.25) is 9.35 Å². The molecule has 1 aromatic carbocycles. The van der Waals surface area contributed by atoms with Crippen LogP contribution in [0.3, 0.4) is 0 Å². The third-order valence-electron chi connectivity index (χ3n) is 1.77. The number of hydrogen-bond acceptors (Lipinski definition) is 4. The molecule has 86 valence electrons. The molecule has 0 aliphatic rings. The van der Waals surface area contributed by atoms with E-state index in [1.165, 1.54) is 24.3 Å². The standard InChI is InChI=1S/C9H9NO5S/c10-8(11)7(9(12)16(13,14)15)6-4-2-1-3-5-6/h1-5,12H,(H2,10,11)(H,13,14,15). The van der Waals surface area contributed by atoms with Gasteiger partial charge in [0.2, 0.25) is 0 Å². The number of primary amides is 1. The van der Waals surface area contributed by atoms with Crippen LogP contribution in [0.15, 0.2) is 35.4 Å². The minimum Gasteiger partial charge on any atom is -0.496 e. The SMILES string of the molecule is NC(=O)C(=C(O)S(=O)(=O)O)c1ccccc1. The number of aliphatic hydroxyl groups is 1. The average molecular weight is 243 g/mol. The molecular weight excluding hydrogens is 234 g/mol. The number of aliphatic hydroxyl groups excluding tert-OH is 1. The molecule has 0 spiro atoms. The molecule has 0 bridgehead atoms. The number of benzene rings is 1. The summed E-state index contributed by atoms with van der Waals surface area (Å²) in [6.07, 6.45) is 0. The smallest absolute Gasteiger partial charge is 0.328 e. The van der Waals surface area contributed by atoms with Gasteiger partial charge in [-0.05, 0) is 5.56 Å². The first kappa shape index (κ1) is 12.2. The number of amides is 1. The second-order valence-electron chi connectivity index (χ2n) is 2.89. The lowest BCUT2D eigenvalue weighted by Gasteiger charge is -2.05. The predicted octanol–water partition coefficient (Wildman–Crippen LogP) is 0.286. The van der Waals surface area contributed by atoms with Crippen molar-refractivity contribution in [3.63, 3.8) is 0 Å². The second-order valence-corrected chi connectivity index (χ2v) is 4.22. The highest BCUT2D eigenvalue weighted by Gasteiger charge is 2.23. The van der Waals surface area contributed by atoms with Gasteiger partial charge in [0.05, 0.1) is 0 Å². The molecule has 0 unspecified atom stereocenters. The van der Waals surface area contributed by atoms with Gasteiger partial charge in [0, 0.05) is 0 Å². The van der Waals surface area contributed by atoms with E-state index in [0.29, 0.717) is 0 Å². The molecule has 0 aromatic heterocycles. The van der Waals surface area contributed by atoms with E-state index in [2.05, 4.69) is 0 Å². The third-order valence-corrected chi connectivity index (χ3v) is 2.46. The predicted molar refractivity (Wildman–Crippen MR) is 56.7 cm³/mol. The third kappa shape index (κ3) is 2.59. The minimum absolute atomic E-state index is 0.102. The Bertz CT molecular complexity index is 532. The molecule has 0 atom stereocenters. The van der Waals surface area contributed by atoms with E-state index in [4.69, 9.17) is 10.3 Å². The summed E-state index contributed by atoms with van der Waals surface area (Å²) < 4.78 is 30.0. The number of rotatable bonds is 3. The Morgan fingerprint density at radius 1 is 1.19 bits per heavy atom. The van der Waals surface area contributed by atoms with Crippen molar-refractivity contribution in [2.24, 2.45) is 5.73 Å². The van der Waals surface area contributed by atoms with Crippen LogP contribution in [0.2, 0.25) is 0 Å². The quantitative estimate of drug-likeness (QED) is 0.400. The first-order chi connectivity index (χ1) is 7.34. The van der Waals surface area contributed by atoms with Crippen molar-refractivity contribution in [1.29, 1.82) is 0 Å². The molecule has 0 aliphatic carbocycles. The van der Waals surface area contributed by atoms with Crippen LogP contribution in [0.25, 0.3) is 5.57 Å². The fourth-order valence-electron chi connectivity index (χ4n) is 1.10. The molecule has 16 heavy (non-hydrogen) atoms. The second kappa shape index (κ2) is 4.33. The number of nitrogens with two attached hydrogens (primary N) is 1. The maximum absolute atomic E-state index is 11.0. The van der Waals surface area contributed by atoms with Crippen LogP contribution in [0.5, 0.6) is 0 Å². The molecule has 0 saturated heterocycles. The first-order valence-corrected chi connectivity index (χ1v) is 5.54. The van der Waals surface area contributed by atoms with E-state index in [9.17, 15) is 18.3 Å². The van der Waals surface area contributed by atoms with Crippen LogP contribution < -0.4 is 5.73 Å².